The van der Waals surface area contributed by atoms with E-state index in [2.05, 4.69) is 5.32 Å². The van der Waals surface area contributed by atoms with Crippen LogP contribution in [0.15, 0.2) is 22.8 Å². The molecule has 0 spiro atoms. The lowest BCUT2D eigenvalue weighted by molar-refractivity contribution is 0.495. The maximum Gasteiger partial charge on any atom is 0.117 e. The van der Waals surface area contributed by atoms with E-state index in [1.54, 1.807) is 6.26 Å². The first kappa shape index (κ1) is 6.36. The molecular formula is C7H10NO. The quantitative estimate of drug-likeness (QED) is 0.661. The smallest absolute Gasteiger partial charge is 0.117 e. The van der Waals surface area contributed by atoms with Crippen molar-refractivity contribution in [1.82, 2.24) is 5.32 Å². The Morgan fingerprint density at radius 2 is 2.67 bits per heavy atom. The Labute approximate surface area is 54.9 Å². The van der Waals surface area contributed by atoms with Crippen LogP contribution in [0.5, 0.6) is 0 Å². The Kier molecular flexibility index (Phi) is 2.33. The van der Waals surface area contributed by atoms with Gasteiger partial charge in [-0.2, -0.15) is 0 Å². The second-order valence-corrected chi connectivity index (χ2v) is 1.75. The molecule has 1 N–H and O–H groups in total. The van der Waals surface area contributed by atoms with Gasteiger partial charge in [-0.15, -0.1) is 0 Å². The molecule has 0 unspecified atom stereocenters. The van der Waals surface area contributed by atoms with E-state index in [4.69, 9.17) is 4.42 Å². The van der Waals surface area contributed by atoms with Crippen molar-refractivity contribution < 1.29 is 4.42 Å². The fourth-order valence-corrected chi connectivity index (χ4v) is 0.616. The van der Waals surface area contributed by atoms with Gasteiger partial charge in [0, 0.05) is 6.54 Å². The molecule has 0 fully saturated rings. The zero-order valence-corrected chi connectivity index (χ0v) is 5.42. The lowest BCUT2D eigenvalue weighted by Gasteiger charge is -1.93. The van der Waals surface area contributed by atoms with Crippen LogP contribution < -0.4 is 5.32 Å². The molecule has 0 aliphatic heterocycles. The molecular weight excluding hydrogens is 114 g/mol. The number of rotatable bonds is 3. The van der Waals surface area contributed by atoms with Crippen LogP contribution in [0.1, 0.15) is 12.7 Å². The Morgan fingerprint density at radius 1 is 1.78 bits per heavy atom. The van der Waals surface area contributed by atoms with Crippen LogP contribution in [-0.2, 0) is 6.54 Å². The zero-order valence-electron chi connectivity index (χ0n) is 5.42. The van der Waals surface area contributed by atoms with Crippen molar-refractivity contribution in [3.63, 3.8) is 0 Å². The van der Waals surface area contributed by atoms with E-state index in [1.165, 1.54) is 0 Å². The Bertz CT molecular complexity index is 146. The van der Waals surface area contributed by atoms with Crippen LogP contribution in [0.2, 0.25) is 0 Å². The van der Waals surface area contributed by atoms with E-state index in [-0.39, 0.29) is 0 Å². The van der Waals surface area contributed by atoms with Gasteiger partial charge in [-0.1, -0.05) is 0 Å². The third-order valence-corrected chi connectivity index (χ3v) is 1.06. The van der Waals surface area contributed by atoms with Crippen molar-refractivity contribution >= 4 is 0 Å². The van der Waals surface area contributed by atoms with Crippen molar-refractivity contribution in [2.45, 2.75) is 13.5 Å². The van der Waals surface area contributed by atoms with Gasteiger partial charge in [-0.25, -0.2) is 0 Å². The van der Waals surface area contributed by atoms with E-state index in [9.17, 15) is 0 Å². The van der Waals surface area contributed by atoms with Crippen LogP contribution in [0, 0.1) is 6.54 Å². The van der Waals surface area contributed by atoms with E-state index in [1.807, 2.05) is 25.6 Å². The zero-order chi connectivity index (χ0) is 6.53. The molecule has 0 atom stereocenters. The lowest BCUT2D eigenvalue weighted by atomic mass is 10.4. The van der Waals surface area contributed by atoms with Gasteiger partial charge >= 0.3 is 0 Å². The molecule has 2 heteroatoms. The number of hydrogen-bond donors (Lipinski definition) is 1. The monoisotopic (exact) mass is 124 g/mol. The standard InChI is InChI=1S/C7H10NO/c1-2-8-6-7-4-3-5-9-7/h2-5,8H,6H2,1H3. The lowest BCUT2D eigenvalue weighted by Crippen LogP contribution is -2.05. The normalized spacial score (nSPS) is 9.89. The first-order chi connectivity index (χ1) is 4.43. The molecule has 2 nitrogen and oxygen atoms in total. The van der Waals surface area contributed by atoms with Gasteiger partial charge in [0.05, 0.1) is 12.8 Å². The topological polar surface area (TPSA) is 25.2 Å². The summed E-state index contributed by atoms with van der Waals surface area (Å²) in [6, 6.07) is 3.82. The van der Waals surface area contributed by atoms with E-state index < -0.39 is 0 Å². The highest BCUT2D eigenvalue weighted by Gasteiger charge is 1.90. The summed E-state index contributed by atoms with van der Waals surface area (Å²) in [6.45, 7) is 4.62. The van der Waals surface area contributed by atoms with Gasteiger partial charge < -0.3 is 9.73 Å². The maximum absolute atomic E-state index is 5.05. The third kappa shape index (κ3) is 1.90. The summed E-state index contributed by atoms with van der Waals surface area (Å²) in [5, 5.41) is 3.03. The molecule has 1 aromatic rings. The van der Waals surface area contributed by atoms with Crippen LogP contribution in [0.4, 0.5) is 0 Å². The van der Waals surface area contributed by atoms with Crippen molar-refractivity contribution in [2.24, 2.45) is 0 Å². The summed E-state index contributed by atoms with van der Waals surface area (Å²) in [5.41, 5.74) is 0. The maximum atomic E-state index is 5.05. The summed E-state index contributed by atoms with van der Waals surface area (Å²) in [4.78, 5) is 0. The summed E-state index contributed by atoms with van der Waals surface area (Å²) in [6.07, 6.45) is 1.67. The first-order valence-corrected chi connectivity index (χ1v) is 2.97. The second kappa shape index (κ2) is 3.30. The predicted molar refractivity (Wildman–Crippen MR) is 35.5 cm³/mol. The predicted octanol–water partition coefficient (Wildman–Crippen LogP) is 1.55. The van der Waals surface area contributed by atoms with Gasteiger partial charge in [0.15, 0.2) is 0 Å². The summed E-state index contributed by atoms with van der Waals surface area (Å²) >= 11 is 0. The van der Waals surface area contributed by atoms with Crippen molar-refractivity contribution in [1.29, 1.82) is 0 Å². The fraction of sp³-hybridized carbons (Fsp3) is 0.286. The summed E-state index contributed by atoms with van der Waals surface area (Å²) in [5.74, 6) is 0.966. The molecule has 1 radical (unpaired) electrons. The molecule has 0 bridgehead atoms. The first-order valence-electron chi connectivity index (χ1n) is 2.97. The summed E-state index contributed by atoms with van der Waals surface area (Å²) in [7, 11) is 0. The Balaban J connectivity index is 2.30. The van der Waals surface area contributed by atoms with Crippen molar-refractivity contribution in [2.75, 3.05) is 0 Å². The molecule has 0 amide bonds. The molecule has 0 aliphatic carbocycles. The highest BCUT2D eigenvalue weighted by molar-refractivity contribution is 4.97. The fourth-order valence-electron chi connectivity index (χ4n) is 0.616. The average Bonchev–Trinajstić information content (AvgIpc) is 2.34. The minimum atomic E-state index is 0.781. The van der Waals surface area contributed by atoms with Crippen molar-refractivity contribution in [3.05, 3.63) is 30.7 Å². The summed E-state index contributed by atoms with van der Waals surface area (Å²) < 4.78 is 5.05. The van der Waals surface area contributed by atoms with Crippen molar-refractivity contribution in [3.8, 4) is 0 Å². The minimum Gasteiger partial charge on any atom is -0.468 e. The van der Waals surface area contributed by atoms with Gasteiger partial charge in [0.1, 0.15) is 5.76 Å². The van der Waals surface area contributed by atoms with E-state index >= 15 is 0 Å². The molecule has 0 saturated heterocycles. The van der Waals surface area contributed by atoms with Gasteiger partial charge in [0.2, 0.25) is 0 Å². The molecule has 1 heterocycles. The molecule has 0 aliphatic rings. The van der Waals surface area contributed by atoms with E-state index in [0.29, 0.717) is 0 Å². The molecule has 1 rings (SSSR count). The number of nitrogens with one attached hydrogen (secondary N) is 1. The second-order valence-electron chi connectivity index (χ2n) is 1.75. The Morgan fingerprint density at radius 3 is 3.22 bits per heavy atom. The number of hydrogen-bond acceptors (Lipinski definition) is 2. The molecule has 0 saturated carbocycles. The minimum absolute atomic E-state index is 0.781. The van der Waals surface area contributed by atoms with Crippen LogP contribution in [-0.4, -0.2) is 0 Å². The van der Waals surface area contributed by atoms with Crippen LogP contribution in [0.3, 0.4) is 0 Å². The van der Waals surface area contributed by atoms with Crippen LogP contribution in [0.25, 0.3) is 0 Å². The van der Waals surface area contributed by atoms with Gasteiger partial charge in [0.25, 0.3) is 0 Å². The largest absolute Gasteiger partial charge is 0.468 e. The van der Waals surface area contributed by atoms with Gasteiger partial charge in [-0.05, 0) is 19.1 Å². The molecule has 1 aromatic heterocycles. The molecule has 0 aromatic carbocycles. The highest BCUT2D eigenvalue weighted by atomic mass is 16.3. The van der Waals surface area contributed by atoms with Crippen LogP contribution >= 0.6 is 0 Å². The third-order valence-electron chi connectivity index (χ3n) is 1.06. The van der Waals surface area contributed by atoms with E-state index in [0.717, 1.165) is 12.3 Å². The number of furan rings is 1. The molecule has 49 valence electrons. The van der Waals surface area contributed by atoms with Gasteiger partial charge in [-0.3, -0.25) is 0 Å². The Hall–Kier alpha value is -0.760. The highest BCUT2D eigenvalue weighted by Crippen LogP contribution is 1.97. The average molecular weight is 124 g/mol. The SMILES string of the molecule is C[CH]NCc1ccco1. The molecule has 9 heavy (non-hydrogen) atoms.